The molecule has 0 spiro atoms. The number of hydrogen-bond acceptors (Lipinski definition) is 4. The molecule has 3 N–H and O–H groups in total. The summed E-state index contributed by atoms with van der Waals surface area (Å²) in [5, 5.41) is 8.19. The number of amides is 3. The molecular formula is C10H19ClN4O2. The van der Waals surface area contributed by atoms with Gasteiger partial charge in [0.05, 0.1) is 6.54 Å². The number of likely N-dealkylation sites (N-methyl/N-ethyl adjacent to an activating group) is 1. The Labute approximate surface area is 107 Å². The van der Waals surface area contributed by atoms with Gasteiger partial charge in [0, 0.05) is 25.2 Å². The molecule has 3 amide bonds. The van der Waals surface area contributed by atoms with E-state index in [0.29, 0.717) is 6.04 Å². The SMILES string of the molecule is CN(CC(=O)NC(=O)NC1CC1)C1CNC1.Cl. The predicted octanol–water partition coefficient (Wildman–Crippen LogP) is -0.700. The van der Waals surface area contributed by atoms with Crippen molar-refractivity contribution in [3.63, 3.8) is 0 Å². The number of nitrogens with one attached hydrogen (secondary N) is 3. The van der Waals surface area contributed by atoms with Gasteiger partial charge in [-0.25, -0.2) is 4.79 Å². The van der Waals surface area contributed by atoms with E-state index in [0.717, 1.165) is 25.9 Å². The minimum atomic E-state index is -0.368. The van der Waals surface area contributed by atoms with Crippen molar-refractivity contribution in [3.05, 3.63) is 0 Å². The fraction of sp³-hybridized carbons (Fsp3) is 0.800. The zero-order valence-electron chi connectivity index (χ0n) is 9.86. The Hall–Kier alpha value is -0.850. The van der Waals surface area contributed by atoms with Crippen LogP contribution in [-0.4, -0.2) is 55.6 Å². The molecule has 0 radical (unpaired) electrons. The summed E-state index contributed by atoms with van der Waals surface area (Å²) < 4.78 is 0. The second-order valence-corrected chi connectivity index (χ2v) is 4.52. The largest absolute Gasteiger partial charge is 0.335 e. The first-order chi connectivity index (χ1) is 7.65. The topological polar surface area (TPSA) is 73.5 Å². The first kappa shape index (κ1) is 14.2. The predicted molar refractivity (Wildman–Crippen MR) is 66.2 cm³/mol. The van der Waals surface area contributed by atoms with E-state index in [1.54, 1.807) is 0 Å². The molecule has 2 fully saturated rings. The number of nitrogens with zero attached hydrogens (tertiary/aromatic N) is 1. The number of hydrogen-bond donors (Lipinski definition) is 3. The highest BCUT2D eigenvalue weighted by Gasteiger charge is 2.25. The second kappa shape index (κ2) is 6.18. The van der Waals surface area contributed by atoms with E-state index < -0.39 is 0 Å². The van der Waals surface area contributed by atoms with Crippen LogP contribution in [0.25, 0.3) is 0 Å². The zero-order chi connectivity index (χ0) is 11.5. The van der Waals surface area contributed by atoms with Crippen LogP contribution in [0.5, 0.6) is 0 Å². The second-order valence-electron chi connectivity index (χ2n) is 4.52. The molecule has 1 saturated heterocycles. The lowest BCUT2D eigenvalue weighted by molar-refractivity contribution is -0.121. The third-order valence-electron chi connectivity index (χ3n) is 2.94. The Morgan fingerprint density at radius 3 is 2.47 bits per heavy atom. The van der Waals surface area contributed by atoms with Gasteiger partial charge in [-0.15, -0.1) is 12.4 Å². The Bertz CT molecular complexity index is 292. The fourth-order valence-electron chi connectivity index (χ4n) is 1.56. The molecular weight excluding hydrogens is 244 g/mol. The average Bonchev–Trinajstić information content (AvgIpc) is 2.82. The Morgan fingerprint density at radius 2 is 2.00 bits per heavy atom. The van der Waals surface area contributed by atoms with Crippen LogP contribution in [0.15, 0.2) is 0 Å². The molecule has 17 heavy (non-hydrogen) atoms. The van der Waals surface area contributed by atoms with Crippen molar-refractivity contribution in [1.82, 2.24) is 20.9 Å². The van der Waals surface area contributed by atoms with Gasteiger partial charge in [0.2, 0.25) is 5.91 Å². The molecule has 0 atom stereocenters. The quantitative estimate of drug-likeness (QED) is 0.627. The van der Waals surface area contributed by atoms with Gasteiger partial charge < -0.3 is 10.6 Å². The Balaban J connectivity index is 0.00000144. The molecule has 0 aromatic heterocycles. The molecule has 98 valence electrons. The summed E-state index contributed by atoms with van der Waals surface area (Å²) >= 11 is 0. The van der Waals surface area contributed by atoms with Crippen molar-refractivity contribution in [2.45, 2.75) is 24.9 Å². The van der Waals surface area contributed by atoms with Crippen molar-refractivity contribution >= 4 is 24.3 Å². The zero-order valence-corrected chi connectivity index (χ0v) is 10.7. The van der Waals surface area contributed by atoms with Crippen LogP contribution in [0.4, 0.5) is 4.79 Å². The maximum atomic E-state index is 11.5. The number of carbonyl (C=O) groups is 2. The fourth-order valence-corrected chi connectivity index (χ4v) is 1.56. The normalized spacial score (nSPS) is 19.2. The van der Waals surface area contributed by atoms with Gasteiger partial charge in [0.1, 0.15) is 0 Å². The van der Waals surface area contributed by atoms with Gasteiger partial charge in [-0.3, -0.25) is 15.0 Å². The summed E-state index contributed by atoms with van der Waals surface area (Å²) in [5.74, 6) is -0.243. The number of rotatable bonds is 4. The van der Waals surface area contributed by atoms with Gasteiger partial charge in [-0.1, -0.05) is 0 Å². The maximum absolute atomic E-state index is 11.5. The van der Waals surface area contributed by atoms with E-state index >= 15 is 0 Å². The van der Waals surface area contributed by atoms with Gasteiger partial charge in [-0.2, -0.15) is 0 Å². The smallest absolute Gasteiger partial charge is 0.321 e. The van der Waals surface area contributed by atoms with Crippen LogP contribution in [-0.2, 0) is 4.79 Å². The van der Waals surface area contributed by atoms with E-state index in [1.807, 2.05) is 11.9 Å². The highest BCUT2D eigenvalue weighted by Crippen LogP contribution is 2.18. The van der Waals surface area contributed by atoms with E-state index in [1.165, 1.54) is 0 Å². The summed E-state index contributed by atoms with van der Waals surface area (Å²) in [6.07, 6.45) is 2.05. The van der Waals surface area contributed by atoms with E-state index in [9.17, 15) is 9.59 Å². The standard InChI is InChI=1S/C10H18N4O2.ClH/c1-14(8-4-11-5-8)6-9(15)13-10(16)12-7-2-3-7;/h7-8,11H,2-6H2,1H3,(H2,12,13,15,16);1H. The van der Waals surface area contributed by atoms with E-state index in [-0.39, 0.29) is 36.9 Å². The summed E-state index contributed by atoms with van der Waals surface area (Å²) in [4.78, 5) is 24.7. The highest BCUT2D eigenvalue weighted by molar-refractivity contribution is 5.95. The number of carbonyl (C=O) groups excluding carboxylic acids is 2. The van der Waals surface area contributed by atoms with Crippen molar-refractivity contribution in [2.24, 2.45) is 0 Å². The lowest BCUT2D eigenvalue weighted by atomic mass is 10.1. The summed E-state index contributed by atoms with van der Waals surface area (Å²) in [6.45, 7) is 2.10. The first-order valence-electron chi connectivity index (χ1n) is 5.66. The van der Waals surface area contributed by atoms with Crippen LogP contribution in [0, 0.1) is 0 Å². The minimum Gasteiger partial charge on any atom is -0.335 e. The minimum absolute atomic E-state index is 0. The monoisotopic (exact) mass is 262 g/mol. The lowest BCUT2D eigenvalue weighted by Gasteiger charge is -2.35. The highest BCUT2D eigenvalue weighted by atomic mass is 35.5. The van der Waals surface area contributed by atoms with Gasteiger partial charge >= 0.3 is 6.03 Å². The molecule has 0 aromatic rings. The van der Waals surface area contributed by atoms with Gasteiger partial charge in [0.25, 0.3) is 0 Å². The molecule has 1 saturated carbocycles. The van der Waals surface area contributed by atoms with E-state index in [4.69, 9.17) is 0 Å². The van der Waals surface area contributed by atoms with Gasteiger partial charge in [-0.05, 0) is 19.9 Å². The molecule has 1 aliphatic carbocycles. The lowest BCUT2D eigenvalue weighted by Crippen LogP contribution is -2.58. The third kappa shape index (κ3) is 4.49. The summed E-state index contributed by atoms with van der Waals surface area (Å²) in [6, 6.07) is 0.325. The van der Waals surface area contributed by atoms with Gasteiger partial charge in [0.15, 0.2) is 0 Å². The molecule has 0 unspecified atom stereocenters. The molecule has 1 aliphatic heterocycles. The number of halogens is 1. The van der Waals surface area contributed by atoms with E-state index in [2.05, 4.69) is 16.0 Å². The Morgan fingerprint density at radius 1 is 1.35 bits per heavy atom. The molecule has 6 nitrogen and oxygen atoms in total. The maximum Gasteiger partial charge on any atom is 0.321 e. The Kier molecular flexibility index (Phi) is 5.17. The van der Waals surface area contributed by atoms with Crippen molar-refractivity contribution in [2.75, 3.05) is 26.7 Å². The molecule has 0 bridgehead atoms. The molecule has 1 heterocycles. The summed E-state index contributed by atoms with van der Waals surface area (Å²) in [7, 11) is 1.89. The third-order valence-corrected chi connectivity index (χ3v) is 2.94. The van der Waals surface area contributed by atoms with Crippen molar-refractivity contribution in [1.29, 1.82) is 0 Å². The number of imide groups is 1. The first-order valence-corrected chi connectivity index (χ1v) is 5.66. The molecule has 2 aliphatic rings. The van der Waals surface area contributed by atoms with Crippen LogP contribution in [0.1, 0.15) is 12.8 Å². The van der Waals surface area contributed by atoms with Crippen LogP contribution in [0.3, 0.4) is 0 Å². The van der Waals surface area contributed by atoms with Crippen LogP contribution < -0.4 is 16.0 Å². The summed E-state index contributed by atoms with van der Waals surface area (Å²) in [5.41, 5.74) is 0. The molecule has 0 aromatic carbocycles. The average molecular weight is 263 g/mol. The number of urea groups is 1. The molecule has 2 rings (SSSR count). The van der Waals surface area contributed by atoms with Crippen LogP contribution in [0.2, 0.25) is 0 Å². The van der Waals surface area contributed by atoms with Crippen molar-refractivity contribution in [3.8, 4) is 0 Å². The van der Waals surface area contributed by atoms with Crippen molar-refractivity contribution < 1.29 is 9.59 Å². The molecule has 7 heteroatoms. The van der Waals surface area contributed by atoms with Crippen LogP contribution >= 0.6 is 12.4 Å².